The van der Waals surface area contributed by atoms with Gasteiger partial charge in [0.1, 0.15) is 10.6 Å². The highest BCUT2D eigenvalue weighted by Gasteiger charge is 2.22. The minimum Gasteiger partial charge on any atom is -0.495 e. The van der Waals surface area contributed by atoms with Crippen LogP contribution in [0.3, 0.4) is 0 Å². The van der Waals surface area contributed by atoms with Crippen molar-refractivity contribution in [3.05, 3.63) is 47.5 Å². The number of carbonyl (C=O) groups is 1. The van der Waals surface area contributed by atoms with E-state index in [9.17, 15) is 13.2 Å². The summed E-state index contributed by atoms with van der Waals surface area (Å²) < 4.78 is 43.3. The molecule has 0 fully saturated rings. The molecule has 0 saturated carbocycles. The highest BCUT2D eigenvalue weighted by molar-refractivity contribution is 7.89. The predicted octanol–water partition coefficient (Wildman–Crippen LogP) is 2.89. The Kier molecular flexibility index (Phi) is 8.08. The molecule has 2 N–H and O–H groups in total. The second-order valence-corrected chi connectivity index (χ2v) is 8.31. The molecule has 2 aromatic carbocycles. The third kappa shape index (κ3) is 5.43. The van der Waals surface area contributed by atoms with Crippen LogP contribution >= 0.6 is 0 Å². The molecule has 164 valence electrons. The van der Waals surface area contributed by atoms with E-state index < -0.39 is 15.9 Å². The van der Waals surface area contributed by atoms with Crippen LogP contribution in [-0.2, 0) is 10.0 Å². The average molecular weight is 437 g/mol. The number of methoxy groups -OCH3 is 3. The maximum Gasteiger partial charge on any atom is 0.251 e. The van der Waals surface area contributed by atoms with E-state index in [1.807, 2.05) is 19.9 Å². The fraction of sp³-hybridized carbons (Fsp3) is 0.381. The molecule has 0 saturated heterocycles. The Hall–Kier alpha value is -2.78. The van der Waals surface area contributed by atoms with Gasteiger partial charge in [-0.1, -0.05) is 13.0 Å². The van der Waals surface area contributed by atoms with Crippen molar-refractivity contribution in [3.8, 4) is 17.2 Å². The van der Waals surface area contributed by atoms with Crippen LogP contribution in [0.25, 0.3) is 0 Å². The van der Waals surface area contributed by atoms with Crippen molar-refractivity contribution < 1.29 is 27.4 Å². The fourth-order valence-corrected chi connectivity index (χ4v) is 4.15. The van der Waals surface area contributed by atoms with E-state index >= 15 is 0 Å². The summed E-state index contributed by atoms with van der Waals surface area (Å²) in [6.07, 6.45) is 0.643. The van der Waals surface area contributed by atoms with Gasteiger partial charge in [-0.2, -0.15) is 0 Å². The van der Waals surface area contributed by atoms with Gasteiger partial charge < -0.3 is 19.5 Å². The number of carbonyl (C=O) groups excluding carboxylic acids is 1. The van der Waals surface area contributed by atoms with Crippen molar-refractivity contribution in [2.75, 3.05) is 27.9 Å². The van der Waals surface area contributed by atoms with Crippen LogP contribution in [0.5, 0.6) is 17.2 Å². The first-order valence-electron chi connectivity index (χ1n) is 9.47. The third-order valence-electron chi connectivity index (χ3n) is 4.51. The number of benzene rings is 2. The first kappa shape index (κ1) is 23.5. The second kappa shape index (κ2) is 10.3. The molecule has 0 aliphatic rings. The molecule has 0 heterocycles. The van der Waals surface area contributed by atoms with Gasteiger partial charge in [0.2, 0.25) is 10.0 Å². The minimum atomic E-state index is -3.80. The Morgan fingerprint density at radius 3 is 2.20 bits per heavy atom. The monoisotopic (exact) mass is 436 g/mol. The maximum atomic E-state index is 12.8. The Bertz CT molecular complexity index is 991. The molecule has 9 heteroatoms. The summed E-state index contributed by atoms with van der Waals surface area (Å²) >= 11 is 0. The smallest absolute Gasteiger partial charge is 0.251 e. The molecule has 1 atom stereocenters. The topological polar surface area (TPSA) is 103 Å². The molecule has 0 radical (unpaired) electrons. The van der Waals surface area contributed by atoms with Crippen LogP contribution < -0.4 is 24.2 Å². The summed E-state index contributed by atoms with van der Waals surface area (Å²) in [5.41, 5.74) is 1.02. The fourth-order valence-electron chi connectivity index (χ4n) is 2.83. The first-order chi connectivity index (χ1) is 14.3. The summed E-state index contributed by atoms with van der Waals surface area (Å²) in [5.74, 6) is 0.898. The van der Waals surface area contributed by atoms with Crippen LogP contribution in [0.15, 0.2) is 41.3 Å². The quantitative estimate of drug-likeness (QED) is 0.594. The van der Waals surface area contributed by atoms with Gasteiger partial charge in [0.05, 0.1) is 27.4 Å². The molecule has 0 bridgehead atoms. The van der Waals surface area contributed by atoms with Gasteiger partial charge in [-0.25, -0.2) is 13.1 Å². The normalized spacial score (nSPS) is 12.2. The SMILES string of the molecule is CCCNS(=O)(=O)c1cc(C(=O)NC(C)c2ccc(OC)c(OC)c2)ccc1OC. The predicted molar refractivity (Wildman–Crippen MR) is 114 cm³/mol. The molecule has 1 amide bonds. The van der Waals surface area contributed by atoms with Gasteiger partial charge >= 0.3 is 0 Å². The van der Waals surface area contributed by atoms with Gasteiger partial charge in [0.15, 0.2) is 11.5 Å². The van der Waals surface area contributed by atoms with Crippen LogP contribution in [0.2, 0.25) is 0 Å². The van der Waals surface area contributed by atoms with E-state index in [-0.39, 0.29) is 28.8 Å². The van der Waals surface area contributed by atoms with Crippen LogP contribution in [0, 0.1) is 0 Å². The van der Waals surface area contributed by atoms with Crippen molar-refractivity contribution in [1.82, 2.24) is 10.0 Å². The third-order valence-corrected chi connectivity index (χ3v) is 5.99. The van der Waals surface area contributed by atoms with Crippen LogP contribution in [-0.4, -0.2) is 42.2 Å². The number of amides is 1. The highest BCUT2D eigenvalue weighted by Crippen LogP contribution is 2.30. The maximum absolute atomic E-state index is 12.8. The molecule has 30 heavy (non-hydrogen) atoms. The zero-order chi connectivity index (χ0) is 22.3. The summed E-state index contributed by atoms with van der Waals surface area (Å²) in [7, 11) is 0.666. The van der Waals surface area contributed by atoms with Crippen molar-refractivity contribution in [2.45, 2.75) is 31.2 Å². The molecular formula is C21H28N2O6S. The Morgan fingerprint density at radius 1 is 0.967 bits per heavy atom. The molecule has 0 aliphatic heterocycles. The number of ether oxygens (including phenoxy) is 3. The highest BCUT2D eigenvalue weighted by atomic mass is 32.2. The summed E-state index contributed by atoms with van der Waals surface area (Å²) in [5, 5.41) is 2.87. The first-order valence-corrected chi connectivity index (χ1v) is 11.0. The number of rotatable bonds is 10. The van der Waals surface area contributed by atoms with Crippen molar-refractivity contribution >= 4 is 15.9 Å². The molecular weight excluding hydrogens is 408 g/mol. The number of hydrogen-bond acceptors (Lipinski definition) is 6. The minimum absolute atomic E-state index is 0.0788. The summed E-state index contributed by atoms with van der Waals surface area (Å²) in [6, 6.07) is 9.32. The van der Waals surface area contributed by atoms with Crippen LogP contribution in [0.1, 0.15) is 42.2 Å². The molecule has 0 aromatic heterocycles. The van der Waals surface area contributed by atoms with Gasteiger partial charge in [-0.05, 0) is 49.2 Å². The lowest BCUT2D eigenvalue weighted by Crippen LogP contribution is -2.28. The molecule has 2 aromatic rings. The molecule has 1 unspecified atom stereocenters. The van der Waals surface area contributed by atoms with Crippen molar-refractivity contribution in [2.24, 2.45) is 0 Å². The molecule has 8 nitrogen and oxygen atoms in total. The zero-order valence-electron chi connectivity index (χ0n) is 17.8. The van der Waals surface area contributed by atoms with E-state index in [1.165, 1.54) is 32.4 Å². The molecule has 0 spiro atoms. The van der Waals surface area contributed by atoms with Gasteiger partial charge in [-0.3, -0.25) is 4.79 Å². The zero-order valence-corrected chi connectivity index (χ0v) is 18.6. The Morgan fingerprint density at radius 2 is 1.60 bits per heavy atom. The van der Waals surface area contributed by atoms with Crippen molar-refractivity contribution in [1.29, 1.82) is 0 Å². The lowest BCUT2D eigenvalue weighted by molar-refractivity contribution is 0.0939. The number of nitrogens with one attached hydrogen (secondary N) is 2. The van der Waals surface area contributed by atoms with Gasteiger partial charge in [-0.15, -0.1) is 0 Å². The Balaban J connectivity index is 2.27. The average Bonchev–Trinajstić information content (AvgIpc) is 2.76. The summed E-state index contributed by atoms with van der Waals surface area (Å²) in [4.78, 5) is 12.7. The van der Waals surface area contributed by atoms with Crippen molar-refractivity contribution in [3.63, 3.8) is 0 Å². The largest absolute Gasteiger partial charge is 0.495 e. The second-order valence-electron chi connectivity index (χ2n) is 6.57. The lowest BCUT2D eigenvalue weighted by Gasteiger charge is -2.17. The molecule has 2 rings (SSSR count). The molecule has 0 aliphatic carbocycles. The van der Waals surface area contributed by atoms with E-state index in [1.54, 1.807) is 19.2 Å². The van der Waals surface area contributed by atoms with Gasteiger partial charge in [0, 0.05) is 12.1 Å². The van der Waals surface area contributed by atoms with E-state index in [2.05, 4.69) is 10.0 Å². The van der Waals surface area contributed by atoms with Crippen LogP contribution in [0.4, 0.5) is 0 Å². The number of sulfonamides is 1. The van der Waals surface area contributed by atoms with E-state index in [4.69, 9.17) is 14.2 Å². The van der Waals surface area contributed by atoms with Gasteiger partial charge in [0.25, 0.3) is 5.91 Å². The number of hydrogen-bond donors (Lipinski definition) is 2. The summed E-state index contributed by atoms with van der Waals surface area (Å²) in [6.45, 7) is 3.97. The standard InChI is InChI=1S/C21H28N2O6S/c1-6-11-22-30(25,26)20-13-16(8-10-18(20)28-4)21(24)23-14(2)15-7-9-17(27-3)19(12-15)29-5/h7-10,12-14,22H,6,11H2,1-5H3,(H,23,24). The van der Waals surface area contributed by atoms with E-state index in [0.29, 0.717) is 17.9 Å². The lowest BCUT2D eigenvalue weighted by atomic mass is 10.1. The van der Waals surface area contributed by atoms with E-state index in [0.717, 1.165) is 5.56 Å². The Labute approximate surface area is 177 Å².